The molecule has 2 amide bonds. The van der Waals surface area contributed by atoms with Crippen LogP contribution in [0.2, 0.25) is 0 Å². The molecule has 0 radical (unpaired) electrons. The number of hydrazone groups is 1. The number of ether oxygens (including phenoxy) is 1. The maximum absolute atomic E-state index is 13.4. The van der Waals surface area contributed by atoms with Crippen molar-refractivity contribution in [2.24, 2.45) is 5.10 Å². The molecule has 11 heteroatoms. The minimum Gasteiger partial charge on any atom is -0.496 e. The molecule has 0 bridgehead atoms. The van der Waals surface area contributed by atoms with E-state index in [1.807, 2.05) is 12.1 Å². The van der Waals surface area contributed by atoms with Gasteiger partial charge in [-0.25, -0.2) is 13.8 Å². The number of hydrogen-bond acceptors (Lipinski definition) is 6. The molecule has 0 aliphatic rings. The summed E-state index contributed by atoms with van der Waals surface area (Å²) >= 11 is 3.37. The summed E-state index contributed by atoms with van der Waals surface area (Å²) in [7, 11) is -2.53. The molecule has 3 rings (SSSR count). The van der Waals surface area contributed by atoms with E-state index < -0.39 is 22.5 Å². The van der Waals surface area contributed by atoms with Gasteiger partial charge in [-0.2, -0.15) is 9.41 Å². The van der Waals surface area contributed by atoms with Gasteiger partial charge in [-0.05, 0) is 48.0 Å². The Morgan fingerprint density at radius 1 is 1.06 bits per heavy atom. The first-order chi connectivity index (χ1) is 17.2. The molecule has 188 valence electrons. The highest BCUT2D eigenvalue weighted by Gasteiger charge is 2.27. The molecule has 9 nitrogen and oxygen atoms in total. The molecule has 0 heterocycles. The van der Waals surface area contributed by atoms with Crippen LogP contribution in [0.3, 0.4) is 0 Å². The van der Waals surface area contributed by atoms with Crippen LogP contribution in [-0.4, -0.2) is 44.4 Å². The van der Waals surface area contributed by atoms with E-state index in [4.69, 9.17) is 4.74 Å². The Morgan fingerprint density at radius 2 is 1.75 bits per heavy atom. The minimum atomic E-state index is -4.05. The Kier molecular flexibility index (Phi) is 9.34. The highest BCUT2D eigenvalue weighted by atomic mass is 79.9. The first-order valence-corrected chi connectivity index (χ1v) is 13.0. The Balaban J connectivity index is 1.80. The van der Waals surface area contributed by atoms with Gasteiger partial charge in [0.05, 0.1) is 24.8 Å². The summed E-state index contributed by atoms with van der Waals surface area (Å²) in [6.07, 6.45) is 1.41. The number of carbonyl (C=O) groups is 2. The number of anilines is 1. The van der Waals surface area contributed by atoms with Gasteiger partial charge in [0, 0.05) is 29.2 Å². The minimum absolute atomic E-state index is 0.0114. The number of nitrogens with zero attached hydrogens (tertiary/aromatic N) is 2. The van der Waals surface area contributed by atoms with Crippen molar-refractivity contribution in [3.05, 3.63) is 88.4 Å². The number of halogens is 1. The van der Waals surface area contributed by atoms with Crippen molar-refractivity contribution in [1.82, 2.24) is 9.73 Å². The Labute approximate surface area is 218 Å². The van der Waals surface area contributed by atoms with E-state index in [2.05, 4.69) is 31.8 Å². The molecular weight excluding hydrogens is 548 g/mol. The predicted molar refractivity (Wildman–Crippen MR) is 141 cm³/mol. The maximum Gasteiger partial charge on any atom is 0.255 e. The molecule has 36 heavy (non-hydrogen) atoms. The fraction of sp³-hybridized carbons (Fsp3) is 0.160. The van der Waals surface area contributed by atoms with Crippen LogP contribution in [0, 0.1) is 0 Å². The van der Waals surface area contributed by atoms with Crippen LogP contribution in [0.15, 0.2) is 87.3 Å². The molecular formula is C25H25BrN4O5S. The van der Waals surface area contributed by atoms with E-state index in [-0.39, 0.29) is 17.3 Å². The second-order valence-electron chi connectivity index (χ2n) is 7.64. The zero-order valence-electron chi connectivity index (χ0n) is 19.6. The molecule has 3 aromatic carbocycles. The maximum atomic E-state index is 13.4. The topological polar surface area (TPSA) is 117 Å². The Hall–Kier alpha value is -3.54. The van der Waals surface area contributed by atoms with Gasteiger partial charge in [-0.15, -0.1) is 0 Å². The summed E-state index contributed by atoms with van der Waals surface area (Å²) in [6, 6.07) is 20.0. The van der Waals surface area contributed by atoms with Crippen molar-refractivity contribution in [3.8, 4) is 5.75 Å². The molecule has 2 N–H and O–H groups in total. The largest absolute Gasteiger partial charge is 0.496 e. The van der Waals surface area contributed by atoms with Gasteiger partial charge >= 0.3 is 0 Å². The van der Waals surface area contributed by atoms with Gasteiger partial charge < -0.3 is 10.1 Å². The van der Waals surface area contributed by atoms with Crippen molar-refractivity contribution >= 4 is 49.7 Å². The van der Waals surface area contributed by atoms with E-state index in [9.17, 15) is 18.0 Å². The van der Waals surface area contributed by atoms with Gasteiger partial charge in [-0.1, -0.05) is 46.3 Å². The zero-order valence-corrected chi connectivity index (χ0v) is 22.0. The lowest BCUT2D eigenvalue weighted by molar-refractivity contribution is -0.121. The molecule has 3 aromatic rings. The molecule has 0 aromatic heterocycles. The zero-order chi connectivity index (χ0) is 26.1. The van der Waals surface area contributed by atoms with Crippen LogP contribution >= 0.6 is 15.9 Å². The van der Waals surface area contributed by atoms with Crippen LogP contribution in [0.1, 0.15) is 18.1 Å². The quantitative estimate of drug-likeness (QED) is 0.283. The van der Waals surface area contributed by atoms with Gasteiger partial charge in [0.15, 0.2) is 0 Å². The smallest absolute Gasteiger partial charge is 0.255 e. The summed E-state index contributed by atoms with van der Waals surface area (Å²) < 4.78 is 34.0. The molecule has 0 spiro atoms. The standard InChI is InChI=1S/C25H25BrN4O5S/c1-18(31)28-22-9-11-23(12-10-22)36(33,34)30(16-19-6-4-3-5-7-19)17-25(32)29-27-15-20-14-21(26)8-13-24(20)35-2/h3-15H,16-17H2,1-2H3,(H,28,31)(H,29,32)/b27-15-. The van der Waals surface area contributed by atoms with Gasteiger partial charge in [0.2, 0.25) is 15.9 Å². The van der Waals surface area contributed by atoms with Crippen LogP contribution < -0.4 is 15.5 Å². The molecule has 0 saturated heterocycles. The summed E-state index contributed by atoms with van der Waals surface area (Å²) in [5, 5.41) is 6.55. The lowest BCUT2D eigenvalue weighted by Gasteiger charge is -2.21. The Bertz CT molecular complexity index is 1350. The normalized spacial score (nSPS) is 11.4. The SMILES string of the molecule is COc1ccc(Br)cc1/C=N\NC(=O)CN(Cc1ccccc1)S(=O)(=O)c1ccc(NC(C)=O)cc1. The third-order valence-corrected chi connectivity index (χ3v) is 7.22. The van der Waals surface area contributed by atoms with Crippen molar-refractivity contribution in [1.29, 1.82) is 0 Å². The van der Waals surface area contributed by atoms with E-state index in [0.29, 0.717) is 22.6 Å². The molecule has 0 atom stereocenters. The monoisotopic (exact) mass is 572 g/mol. The number of methoxy groups -OCH3 is 1. The number of sulfonamides is 1. The van der Waals surface area contributed by atoms with Crippen LogP contribution in [-0.2, 0) is 26.2 Å². The molecule has 0 saturated carbocycles. The highest BCUT2D eigenvalue weighted by Crippen LogP contribution is 2.22. The fourth-order valence-corrected chi connectivity index (χ4v) is 5.01. The molecule has 0 aliphatic heterocycles. The summed E-state index contributed by atoms with van der Waals surface area (Å²) in [5.41, 5.74) is 4.18. The van der Waals surface area contributed by atoms with E-state index in [1.165, 1.54) is 44.5 Å². The second-order valence-corrected chi connectivity index (χ2v) is 10.5. The first kappa shape index (κ1) is 27.1. The van der Waals surface area contributed by atoms with Gasteiger partial charge in [0.25, 0.3) is 5.91 Å². The molecule has 0 fully saturated rings. The van der Waals surface area contributed by atoms with Crippen LogP contribution in [0.4, 0.5) is 5.69 Å². The van der Waals surface area contributed by atoms with E-state index in [0.717, 1.165) is 8.78 Å². The predicted octanol–water partition coefficient (Wildman–Crippen LogP) is 3.76. The van der Waals surface area contributed by atoms with Gasteiger partial charge in [-0.3, -0.25) is 9.59 Å². The average Bonchev–Trinajstić information content (AvgIpc) is 2.84. The number of rotatable bonds is 10. The van der Waals surface area contributed by atoms with Gasteiger partial charge in [0.1, 0.15) is 5.75 Å². The fourth-order valence-electron chi connectivity index (χ4n) is 3.25. The highest BCUT2D eigenvalue weighted by molar-refractivity contribution is 9.10. The average molecular weight is 573 g/mol. The number of amides is 2. The lowest BCUT2D eigenvalue weighted by Crippen LogP contribution is -2.39. The number of benzene rings is 3. The van der Waals surface area contributed by atoms with Crippen molar-refractivity contribution in [2.75, 3.05) is 19.0 Å². The third-order valence-electron chi connectivity index (χ3n) is 4.92. The molecule has 0 aliphatic carbocycles. The number of carbonyl (C=O) groups excluding carboxylic acids is 2. The summed E-state index contributed by atoms with van der Waals surface area (Å²) in [6.45, 7) is 0.880. The van der Waals surface area contributed by atoms with E-state index >= 15 is 0 Å². The van der Waals surface area contributed by atoms with Crippen molar-refractivity contribution in [3.63, 3.8) is 0 Å². The van der Waals surface area contributed by atoms with Crippen molar-refractivity contribution in [2.45, 2.75) is 18.4 Å². The lowest BCUT2D eigenvalue weighted by atomic mass is 10.2. The Morgan fingerprint density at radius 3 is 2.39 bits per heavy atom. The molecule has 0 unspecified atom stereocenters. The first-order valence-electron chi connectivity index (χ1n) is 10.8. The number of nitrogens with one attached hydrogen (secondary N) is 2. The van der Waals surface area contributed by atoms with Crippen LogP contribution in [0.5, 0.6) is 5.75 Å². The number of hydrogen-bond donors (Lipinski definition) is 2. The second kappa shape index (κ2) is 12.4. The summed E-state index contributed by atoms with van der Waals surface area (Å²) in [4.78, 5) is 23.9. The van der Waals surface area contributed by atoms with Crippen LogP contribution in [0.25, 0.3) is 0 Å². The third kappa shape index (κ3) is 7.48. The van der Waals surface area contributed by atoms with E-state index in [1.54, 1.807) is 36.4 Å². The van der Waals surface area contributed by atoms with Crippen molar-refractivity contribution < 1.29 is 22.7 Å². The summed E-state index contributed by atoms with van der Waals surface area (Å²) in [5.74, 6) is -0.323.